The van der Waals surface area contributed by atoms with E-state index < -0.39 is 5.97 Å². The maximum Gasteiger partial charge on any atom is 0.377 e. The molecule has 0 spiro atoms. The Labute approximate surface area is 125 Å². The molecule has 0 unspecified atom stereocenters. The fourth-order valence-electron chi connectivity index (χ4n) is 1.88. The largest absolute Gasteiger partial charge is 0.500 e. The summed E-state index contributed by atoms with van der Waals surface area (Å²) < 4.78 is 20.5. The Kier molecular flexibility index (Phi) is 6.09. The van der Waals surface area contributed by atoms with Crippen LogP contribution in [0.15, 0.2) is 24.2 Å². The van der Waals surface area contributed by atoms with E-state index in [2.05, 4.69) is 4.74 Å². The van der Waals surface area contributed by atoms with E-state index in [4.69, 9.17) is 14.2 Å². The number of hydrogen-bond donors (Lipinski definition) is 0. The van der Waals surface area contributed by atoms with Crippen LogP contribution < -0.4 is 9.47 Å². The number of aryl methyl sites for hydroxylation is 1. The summed E-state index contributed by atoms with van der Waals surface area (Å²) in [5.41, 5.74) is 1.85. The van der Waals surface area contributed by atoms with E-state index >= 15 is 0 Å². The van der Waals surface area contributed by atoms with Crippen molar-refractivity contribution < 1.29 is 23.7 Å². The third-order valence-electron chi connectivity index (χ3n) is 2.98. The number of benzene rings is 1. The molecule has 1 rings (SSSR count). The Balaban J connectivity index is 3.25. The highest BCUT2D eigenvalue weighted by atomic mass is 16.6. The number of carbonyl (C=O) groups excluding carboxylic acids is 1. The molecule has 1 aromatic carbocycles. The lowest BCUT2D eigenvalue weighted by molar-refractivity contribution is -0.138. The zero-order chi connectivity index (χ0) is 16.0. The van der Waals surface area contributed by atoms with Crippen molar-refractivity contribution in [3.63, 3.8) is 0 Å². The fourth-order valence-corrected chi connectivity index (χ4v) is 1.88. The molecule has 0 aliphatic heterocycles. The Bertz CT molecular complexity index is 532. The monoisotopic (exact) mass is 294 g/mol. The van der Waals surface area contributed by atoms with E-state index in [0.29, 0.717) is 5.75 Å². The van der Waals surface area contributed by atoms with Gasteiger partial charge in [0.05, 0.1) is 21.3 Å². The van der Waals surface area contributed by atoms with Crippen molar-refractivity contribution in [2.45, 2.75) is 26.7 Å². The summed E-state index contributed by atoms with van der Waals surface area (Å²) in [6.45, 7) is 5.98. The van der Waals surface area contributed by atoms with Gasteiger partial charge in [0.2, 0.25) is 5.76 Å². The smallest absolute Gasteiger partial charge is 0.377 e. The van der Waals surface area contributed by atoms with Crippen molar-refractivity contribution in [2.75, 3.05) is 21.3 Å². The van der Waals surface area contributed by atoms with Gasteiger partial charge in [0.25, 0.3) is 0 Å². The van der Waals surface area contributed by atoms with Crippen molar-refractivity contribution in [1.29, 1.82) is 0 Å². The zero-order valence-corrected chi connectivity index (χ0v) is 13.4. The first-order chi connectivity index (χ1) is 9.94. The van der Waals surface area contributed by atoms with Crippen LogP contribution in [0.2, 0.25) is 0 Å². The lowest BCUT2D eigenvalue weighted by Gasteiger charge is -2.17. The third kappa shape index (κ3) is 4.15. The maximum absolute atomic E-state index is 11.7. The highest BCUT2D eigenvalue weighted by Crippen LogP contribution is 2.34. The van der Waals surface area contributed by atoms with Crippen LogP contribution in [0.1, 0.15) is 30.9 Å². The Morgan fingerprint density at radius 3 is 2.29 bits per heavy atom. The molecule has 116 valence electrons. The van der Waals surface area contributed by atoms with Crippen LogP contribution >= 0.6 is 0 Å². The SMILES string of the molecule is COC=C(Oc1cc(C)c(OC)cc1C(C)C)C(=O)OC. The number of hydrogen-bond acceptors (Lipinski definition) is 5. The molecule has 0 saturated heterocycles. The Hall–Kier alpha value is -2.17. The van der Waals surface area contributed by atoms with Crippen LogP contribution in [-0.4, -0.2) is 27.3 Å². The first kappa shape index (κ1) is 16.9. The van der Waals surface area contributed by atoms with Crippen LogP contribution in [0, 0.1) is 6.92 Å². The van der Waals surface area contributed by atoms with Gasteiger partial charge in [0.15, 0.2) is 0 Å². The van der Waals surface area contributed by atoms with Gasteiger partial charge in [-0.25, -0.2) is 4.79 Å². The van der Waals surface area contributed by atoms with E-state index in [1.165, 1.54) is 20.5 Å². The molecule has 0 N–H and O–H groups in total. The minimum Gasteiger partial charge on any atom is -0.500 e. The van der Waals surface area contributed by atoms with Gasteiger partial charge in [-0.15, -0.1) is 0 Å². The summed E-state index contributed by atoms with van der Waals surface area (Å²) in [7, 11) is 4.35. The van der Waals surface area contributed by atoms with Gasteiger partial charge in [-0.1, -0.05) is 13.8 Å². The molecule has 0 aromatic heterocycles. The Morgan fingerprint density at radius 1 is 1.14 bits per heavy atom. The molecule has 0 aliphatic carbocycles. The van der Waals surface area contributed by atoms with Gasteiger partial charge in [0, 0.05) is 5.56 Å². The van der Waals surface area contributed by atoms with Crippen molar-refractivity contribution in [3.05, 3.63) is 35.3 Å². The normalized spacial score (nSPS) is 11.3. The molecule has 1 aromatic rings. The lowest BCUT2D eigenvalue weighted by atomic mass is 10.00. The summed E-state index contributed by atoms with van der Waals surface area (Å²) in [6.07, 6.45) is 1.22. The predicted molar refractivity (Wildman–Crippen MR) is 79.6 cm³/mol. The second-order valence-corrected chi connectivity index (χ2v) is 4.83. The van der Waals surface area contributed by atoms with Crippen LogP contribution in [-0.2, 0) is 14.3 Å². The van der Waals surface area contributed by atoms with Gasteiger partial charge in [-0.2, -0.15) is 0 Å². The molecule has 0 heterocycles. The van der Waals surface area contributed by atoms with Gasteiger partial charge in [0.1, 0.15) is 17.8 Å². The number of esters is 1. The van der Waals surface area contributed by atoms with Crippen LogP contribution in [0.5, 0.6) is 11.5 Å². The van der Waals surface area contributed by atoms with E-state index in [-0.39, 0.29) is 11.7 Å². The molecule has 0 atom stereocenters. The maximum atomic E-state index is 11.7. The third-order valence-corrected chi connectivity index (χ3v) is 2.98. The molecule has 0 radical (unpaired) electrons. The van der Waals surface area contributed by atoms with E-state index in [1.807, 2.05) is 32.9 Å². The van der Waals surface area contributed by atoms with Crippen LogP contribution in [0.4, 0.5) is 0 Å². The number of ether oxygens (including phenoxy) is 4. The van der Waals surface area contributed by atoms with Crippen molar-refractivity contribution in [2.24, 2.45) is 0 Å². The fraction of sp³-hybridized carbons (Fsp3) is 0.438. The van der Waals surface area contributed by atoms with Gasteiger partial charge in [-0.05, 0) is 30.5 Å². The van der Waals surface area contributed by atoms with Crippen LogP contribution in [0.25, 0.3) is 0 Å². The summed E-state index contributed by atoms with van der Waals surface area (Å²) in [4.78, 5) is 11.7. The minimum atomic E-state index is -0.597. The quantitative estimate of drug-likeness (QED) is 0.458. The van der Waals surface area contributed by atoms with Gasteiger partial charge >= 0.3 is 5.97 Å². The highest BCUT2D eigenvalue weighted by molar-refractivity contribution is 5.86. The number of carbonyl (C=O) groups is 1. The molecule has 0 fully saturated rings. The molecule has 0 amide bonds. The van der Waals surface area contributed by atoms with Crippen molar-refractivity contribution in [1.82, 2.24) is 0 Å². The lowest BCUT2D eigenvalue weighted by Crippen LogP contribution is -2.12. The van der Waals surface area contributed by atoms with E-state index in [1.54, 1.807) is 7.11 Å². The van der Waals surface area contributed by atoms with Crippen molar-refractivity contribution >= 4 is 5.97 Å². The molecular formula is C16H22O5. The van der Waals surface area contributed by atoms with E-state index in [9.17, 15) is 4.79 Å². The summed E-state index contributed by atoms with van der Waals surface area (Å²) in [5.74, 6) is 0.959. The van der Waals surface area contributed by atoms with E-state index in [0.717, 1.165) is 16.9 Å². The average Bonchev–Trinajstić information content (AvgIpc) is 2.45. The first-order valence-electron chi connectivity index (χ1n) is 6.62. The molecule has 0 bridgehead atoms. The van der Waals surface area contributed by atoms with Gasteiger partial charge < -0.3 is 18.9 Å². The van der Waals surface area contributed by atoms with Crippen molar-refractivity contribution in [3.8, 4) is 11.5 Å². The summed E-state index contributed by atoms with van der Waals surface area (Å²) in [6, 6.07) is 3.75. The molecule has 5 heteroatoms. The highest BCUT2D eigenvalue weighted by Gasteiger charge is 2.18. The zero-order valence-electron chi connectivity index (χ0n) is 13.4. The number of methoxy groups -OCH3 is 3. The second-order valence-electron chi connectivity index (χ2n) is 4.83. The predicted octanol–water partition coefficient (Wildman–Crippen LogP) is 3.17. The molecular weight excluding hydrogens is 272 g/mol. The number of rotatable bonds is 6. The van der Waals surface area contributed by atoms with Crippen LogP contribution in [0.3, 0.4) is 0 Å². The summed E-state index contributed by atoms with van der Waals surface area (Å²) in [5, 5.41) is 0. The molecule has 21 heavy (non-hydrogen) atoms. The Morgan fingerprint density at radius 2 is 1.81 bits per heavy atom. The second kappa shape index (κ2) is 7.57. The molecule has 0 aliphatic rings. The summed E-state index contributed by atoms with van der Waals surface area (Å²) >= 11 is 0. The first-order valence-corrected chi connectivity index (χ1v) is 6.62. The minimum absolute atomic E-state index is 0.00790. The average molecular weight is 294 g/mol. The topological polar surface area (TPSA) is 54.0 Å². The molecule has 5 nitrogen and oxygen atoms in total. The van der Waals surface area contributed by atoms with Gasteiger partial charge in [-0.3, -0.25) is 0 Å². The standard InChI is InChI=1S/C16H22O5/c1-10(2)12-8-13(19-5)11(3)7-14(12)21-15(9-18-4)16(17)20-6/h7-10H,1-6H3. The molecule has 0 saturated carbocycles.